The van der Waals surface area contributed by atoms with Gasteiger partial charge in [-0.1, -0.05) is 11.6 Å². The molecule has 2 heterocycles. The molecule has 0 unspecified atom stereocenters. The van der Waals surface area contributed by atoms with E-state index in [1.807, 2.05) is 4.98 Å². The van der Waals surface area contributed by atoms with Crippen LogP contribution in [0, 0.1) is 10.4 Å². The highest BCUT2D eigenvalue weighted by Crippen LogP contribution is 2.14. The molecule has 2 aromatic heterocycles. The van der Waals surface area contributed by atoms with Gasteiger partial charge < -0.3 is 10.4 Å². The quantitative estimate of drug-likeness (QED) is 0.321. The Balaban J connectivity index is 2.73. The van der Waals surface area contributed by atoms with Crippen molar-refractivity contribution in [2.24, 2.45) is 0 Å². The van der Waals surface area contributed by atoms with Crippen LogP contribution in [0.3, 0.4) is 0 Å². The molecule has 3 rings (SSSR count). The molecule has 0 saturated carbocycles. The molecule has 8 nitrogen and oxygen atoms in total. The molecule has 0 saturated heterocycles. The number of nitrogens with one attached hydrogen (secondary N) is 2. The van der Waals surface area contributed by atoms with E-state index in [0.717, 1.165) is 0 Å². The van der Waals surface area contributed by atoms with Crippen LogP contribution in [0.15, 0.2) is 27.8 Å². The lowest BCUT2D eigenvalue weighted by atomic mass is 10.3. The van der Waals surface area contributed by atoms with Crippen molar-refractivity contribution in [1.82, 2.24) is 9.97 Å². The van der Waals surface area contributed by atoms with Gasteiger partial charge in [-0.15, -0.1) is 4.73 Å². The first-order valence-electron chi connectivity index (χ1n) is 5.09. The number of rotatable bonds is 0. The third kappa shape index (κ3) is 1.54. The summed E-state index contributed by atoms with van der Waals surface area (Å²) >= 11 is 5.75. The average Bonchev–Trinajstić information content (AvgIpc) is 2.35. The van der Waals surface area contributed by atoms with Crippen molar-refractivity contribution in [3.05, 3.63) is 54.5 Å². The van der Waals surface area contributed by atoms with Gasteiger partial charge in [0.1, 0.15) is 0 Å². The van der Waals surface area contributed by atoms with Crippen LogP contribution in [-0.2, 0) is 0 Å². The van der Waals surface area contributed by atoms with Crippen LogP contribution in [0.2, 0.25) is 5.02 Å². The van der Waals surface area contributed by atoms with E-state index >= 15 is 0 Å². The van der Waals surface area contributed by atoms with Crippen molar-refractivity contribution in [3.8, 4) is 0 Å². The summed E-state index contributed by atoms with van der Waals surface area (Å²) in [5.41, 5.74) is -2.76. The Hall–Kier alpha value is -2.61. The third-order valence-corrected chi connectivity index (χ3v) is 2.91. The predicted octanol–water partition coefficient (Wildman–Crippen LogP) is -0.710. The average molecular weight is 281 g/mol. The van der Waals surface area contributed by atoms with Crippen molar-refractivity contribution in [2.75, 3.05) is 0 Å². The molecule has 0 aliphatic rings. The Bertz CT molecular complexity index is 946. The van der Waals surface area contributed by atoms with Crippen molar-refractivity contribution in [2.45, 2.75) is 0 Å². The fourth-order valence-corrected chi connectivity index (χ4v) is 2.04. The lowest BCUT2D eigenvalue weighted by Crippen LogP contribution is -2.45. The van der Waals surface area contributed by atoms with E-state index < -0.39 is 22.4 Å². The molecule has 96 valence electrons. The van der Waals surface area contributed by atoms with Gasteiger partial charge in [-0.2, -0.15) is 4.98 Å². The van der Waals surface area contributed by atoms with E-state index in [0.29, 0.717) is 4.73 Å². The topological polar surface area (TPSA) is 120 Å². The summed E-state index contributed by atoms with van der Waals surface area (Å²) < 4.78 is 0.575. The monoisotopic (exact) mass is 280 g/mol. The molecule has 0 radical (unpaired) electrons. The number of aromatic nitrogens is 4. The molecule has 2 N–H and O–H groups in total. The molecule has 0 amide bonds. The van der Waals surface area contributed by atoms with Gasteiger partial charge in [-0.05, 0) is 6.07 Å². The van der Waals surface area contributed by atoms with Gasteiger partial charge in [-0.25, -0.2) is 14.5 Å². The Morgan fingerprint density at radius 3 is 2.53 bits per heavy atom. The fourth-order valence-electron chi connectivity index (χ4n) is 1.88. The Kier molecular flexibility index (Phi) is 2.23. The zero-order chi connectivity index (χ0) is 13.7. The molecular weight excluding hydrogens is 276 g/mol. The molecule has 9 heteroatoms. The standard InChI is InChI=1S/C10H5ClN4O4/c11-4-1-2-5-6(3-4)15(19)8-7(14(5)18)9(16)13-10(17)12-8/h1-3H,(H2,12,13,16,17). The molecule has 0 bridgehead atoms. The predicted molar refractivity (Wildman–Crippen MR) is 65.6 cm³/mol. The first-order valence-corrected chi connectivity index (χ1v) is 5.47. The normalized spacial score (nSPS) is 11.2. The van der Waals surface area contributed by atoms with Gasteiger partial charge >= 0.3 is 22.4 Å². The smallest absolute Gasteiger partial charge is 0.413 e. The van der Waals surface area contributed by atoms with Crippen LogP contribution < -0.4 is 20.7 Å². The molecule has 0 fully saturated rings. The van der Waals surface area contributed by atoms with Gasteiger partial charge in [0.15, 0.2) is 0 Å². The SMILES string of the molecule is O=c1[nH]c(=O)c2c([nH]1)[n+]([O-])c1cc(Cl)ccc1[n+]2[O-]. The summed E-state index contributed by atoms with van der Waals surface area (Å²) in [6.07, 6.45) is 0. The van der Waals surface area contributed by atoms with Crippen LogP contribution in [0.5, 0.6) is 0 Å². The van der Waals surface area contributed by atoms with Gasteiger partial charge in [0.2, 0.25) is 5.52 Å². The van der Waals surface area contributed by atoms with Crippen LogP contribution in [0.1, 0.15) is 0 Å². The first-order chi connectivity index (χ1) is 8.99. The molecule has 1 aromatic carbocycles. The number of fused-ring (bicyclic) bond motifs is 2. The molecule has 0 atom stereocenters. The van der Waals surface area contributed by atoms with Crippen LogP contribution in [-0.4, -0.2) is 9.97 Å². The van der Waals surface area contributed by atoms with E-state index in [1.54, 1.807) is 0 Å². The number of halogens is 1. The van der Waals surface area contributed by atoms with E-state index in [4.69, 9.17) is 11.6 Å². The summed E-state index contributed by atoms with van der Waals surface area (Å²) in [4.78, 5) is 26.8. The van der Waals surface area contributed by atoms with E-state index in [-0.39, 0.29) is 20.8 Å². The maximum Gasteiger partial charge on any atom is 0.413 e. The Morgan fingerprint density at radius 2 is 1.79 bits per heavy atom. The zero-order valence-corrected chi connectivity index (χ0v) is 9.89. The van der Waals surface area contributed by atoms with Crippen molar-refractivity contribution in [3.63, 3.8) is 0 Å². The van der Waals surface area contributed by atoms with Gasteiger partial charge in [0, 0.05) is 17.2 Å². The highest BCUT2D eigenvalue weighted by Gasteiger charge is 2.23. The minimum atomic E-state index is -0.935. The summed E-state index contributed by atoms with van der Waals surface area (Å²) in [6, 6.07) is 4.02. The van der Waals surface area contributed by atoms with Gasteiger partial charge in [0.25, 0.3) is 5.52 Å². The van der Waals surface area contributed by atoms with Crippen LogP contribution >= 0.6 is 11.6 Å². The van der Waals surface area contributed by atoms with E-state index in [1.165, 1.54) is 18.2 Å². The number of aromatic amines is 2. The van der Waals surface area contributed by atoms with Crippen LogP contribution in [0.25, 0.3) is 22.2 Å². The molecule has 0 spiro atoms. The maximum atomic E-state index is 12.1. The highest BCUT2D eigenvalue weighted by molar-refractivity contribution is 6.31. The molecule has 0 aliphatic carbocycles. The number of benzene rings is 1. The van der Waals surface area contributed by atoms with E-state index in [2.05, 4.69) is 4.98 Å². The summed E-state index contributed by atoms with van der Waals surface area (Å²) in [5.74, 6) is 0. The van der Waals surface area contributed by atoms with Gasteiger partial charge in [-0.3, -0.25) is 4.79 Å². The van der Waals surface area contributed by atoms with Crippen LogP contribution in [0.4, 0.5) is 0 Å². The number of H-pyrrole nitrogens is 2. The molecule has 3 aromatic rings. The Labute approximate surface area is 108 Å². The molecule has 0 aliphatic heterocycles. The summed E-state index contributed by atoms with van der Waals surface area (Å²) in [5, 5.41) is 24.4. The second-order valence-electron chi connectivity index (χ2n) is 3.83. The summed E-state index contributed by atoms with van der Waals surface area (Å²) in [7, 11) is 0. The number of hydrogen-bond donors (Lipinski definition) is 2. The lowest BCUT2D eigenvalue weighted by Gasteiger charge is -2.09. The minimum Gasteiger partial charge on any atom is -0.710 e. The minimum absolute atomic E-state index is 0.0237. The zero-order valence-electron chi connectivity index (χ0n) is 9.14. The van der Waals surface area contributed by atoms with Crippen molar-refractivity contribution >= 4 is 33.8 Å². The first kappa shape index (κ1) is 11.5. The largest absolute Gasteiger partial charge is 0.710 e. The van der Waals surface area contributed by atoms with Gasteiger partial charge in [0.05, 0.1) is 0 Å². The van der Waals surface area contributed by atoms with E-state index in [9.17, 15) is 20.0 Å². The van der Waals surface area contributed by atoms with Crippen molar-refractivity contribution < 1.29 is 9.46 Å². The van der Waals surface area contributed by atoms with Crippen molar-refractivity contribution in [1.29, 1.82) is 0 Å². The lowest BCUT2D eigenvalue weighted by molar-refractivity contribution is -0.593. The summed E-state index contributed by atoms with van der Waals surface area (Å²) in [6.45, 7) is 0. The highest BCUT2D eigenvalue weighted by atomic mass is 35.5. The molecule has 19 heavy (non-hydrogen) atoms. The number of hydrogen-bond acceptors (Lipinski definition) is 4. The third-order valence-electron chi connectivity index (χ3n) is 2.68. The second kappa shape index (κ2) is 3.69. The Morgan fingerprint density at radius 1 is 1.05 bits per heavy atom. The number of nitrogens with zero attached hydrogens (tertiary/aromatic N) is 2. The maximum absolute atomic E-state index is 12.1. The fraction of sp³-hybridized carbons (Fsp3) is 0. The molecular formula is C10H5ClN4O4. The second-order valence-corrected chi connectivity index (χ2v) is 4.26.